The third-order valence-corrected chi connectivity index (χ3v) is 7.86. The second-order valence-electron chi connectivity index (χ2n) is 9.46. The summed E-state index contributed by atoms with van der Waals surface area (Å²) in [7, 11) is 0. The van der Waals surface area contributed by atoms with E-state index in [1.165, 1.54) is 63.1 Å². The third kappa shape index (κ3) is 7.25. The van der Waals surface area contributed by atoms with Crippen LogP contribution >= 0.6 is 11.8 Å². The lowest BCUT2D eigenvalue weighted by Crippen LogP contribution is -2.17. The summed E-state index contributed by atoms with van der Waals surface area (Å²) in [5.41, 5.74) is 0.848. The van der Waals surface area contributed by atoms with E-state index in [9.17, 15) is 23.1 Å². The summed E-state index contributed by atoms with van der Waals surface area (Å²) in [6.07, 6.45) is 12.3. The van der Waals surface area contributed by atoms with Crippen molar-refractivity contribution in [1.29, 1.82) is 0 Å². The van der Waals surface area contributed by atoms with Gasteiger partial charge in [-0.2, -0.15) is 8.78 Å². The number of thioether (sulfide) groups is 1. The largest absolute Gasteiger partial charge is 0.478 e. The van der Waals surface area contributed by atoms with Gasteiger partial charge >= 0.3 is 5.97 Å². The van der Waals surface area contributed by atoms with E-state index >= 15 is 4.39 Å². The Bertz CT molecular complexity index is 987. The highest BCUT2D eigenvalue weighted by molar-refractivity contribution is 7.99. The van der Waals surface area contributed by atoms with Crippen molar-refractivity contribution in [1.82, 2.24) is 0 Å². The lowest BCUT2D eigenvalue weighted by Gasteiger charge is -2.31. The number of hydrogen-bond acceptors (Lipinski definition) is 2. The Kier molecular flexibility index (Phi) is 10.5. The van der Waals surface area contributed by atoms with Gasteiger partial charge in [0, 0.05) is 5.56 Å². The van der Waals surface area contributed by atoms with Crippen LogP contribution in [-0.2, 0) is 0 Å². The number of carbonyl (C=O) groups is 1. The maximum atomic E-state index is 15.0. The average molecular weight is 511 g/mol. The van der Waals surface area contributed by atoms with E-state index in [1.54, 1.807) is 6.07 Å². The molecule has 0 unspecified atom stereocenters. The van der Waals surface area contributed by atoms with Gasteiger partial charge in [0.15, 0.2) is 11.6 Å². The monoisotopic (exact) mass is 510 g/mol. The quantitative estimate of drug-likeness (QED) is 0.175. The van der Waals surface area contributed by atoms with Crippen LogP contribution in [0, 0.1) is 17.6 Å². The van der Waals surface area contributed by atoms with Gasteiger partial charge in [-0.1, -0.05) is 81.8 Å². The molecule has 0 heterocycles. The number of halogens is 4. The summed E-state index contributed by atoms with van der Waals surface area (Å²) in [4.78, 5) is 11.6. The van der Waals surface area contributed by atoms with Crippen molar-refractivity contribution in [2.24, 2.45) is 5.92 Å². The van der Waals surface area contributed by atoms with E-state index in [0.717, 1.165) is 31.7 Å². The smallest absolute Gasteiger partial charge is 0.335 e. The molecular formula is C28H34F4O2S. The van der Waals surface area contributed by atoms with Gasteiger partial charge in [-0.3, -0.25) is 0 Å². The number of benzene rings is 2. The highest BCUT2D eigenvalue weighted by Crippen LogP contribution is 2.44. The van der Waals surface area contributed by atoms with Crippen LogP contribution in [0.5, 0.6) is 0 Å². The molecule has 0 spiro atoms. The minimum Gasteiger partial charge on any atom is -0.478 e. The second kappa shape index (κ2) is 13.3. The lowest BCUT2D eigenvalue weighted by molar-refractivity contribution is 0.0694. The first kappa shape index (κ1) is 27.6. The molecule has 7 heteroatoms. The zero-order valence-electron chi connectivity index (χ0n) is 20.2. The van der Waals surface area contributed by atoms with Crippen molar-refractivity contribution in [3.63, 3.8) is 0 Å². The van der Waals surface area contributed by atoms with E-state index in [4.69, 9.17) is 0 Å². The van der Waals surface area contributed by atoms with E-state index < -0.39 is 28.3 Å². The number of carboxylic acids is 1. The molecule has 1 saturated carbocycles. The highest BCUT2D eigenvalue weighted by atomic mass is 32.2. The van der Waals surface area contributed by atoms with Gasteiger partial charge in [-0.25, -0.2) is 13.6 Å². The minimum atomic E-state index is -2.87. The zero-order chi connectivity index (χ0) is 25.4. The van der Waals surface area contributed by atoms with Crippen LogP contribution in [0.25, 0.3) is 11.1 Å². The number of unbranched alkanes of at least 4 members (excludes halogenated alkanes) is 5. The third-order valence-electron chi connectivity index (χ3n) is 7.11. The van der Waals surface area contributed by atoms with Gasteiger partial charge in [-0.05, 0) is 60.8 Å². The van der Waals surface area contributed by atoms with Crippen molar-refractivity contribution >= 4 is 17.7 Å². The molecule has 0 amide bonds. The standard InChI is InChI=1S/C28H34F4O2S/c1-2-3-4-5-6-7-9-18-12-14-19(15-13-18)24-20(10-8-11-22(24)27(33)34)21-16-17-23(35-28(31)32)26(30)25(21)29/h8,10-11,16-19,28H,2-7,9,12-15H2,1H3,(H,33,34)/t18-,19-. The Morgan fingerprint density at radius 2 is 1.63 bits per heavy atom. The summed E-state index contributed by atoms with van der Waals surface area (Å²) < 4.78 is 55.0. The molecule has 2 aromatic carbocycles. The molecule has 0 aliphatic heterocycles. The van der Waals surface area contributed by atoms with E-state index in [-0.39, 0.29) is 28.8 Å². The molecule has 1 fully saturated rings. The van der Waals surface area contributed by atoms with Crippen molar-refractivity contribution in [3.8, 4) is 11.1 Å². The van der Waals surface area contributed by atoms with Crippen molar-refractivity contribution < 1.29 is 27.5 Å². The maximum absolute atomic E-state index is 15.0. The van der Waals surface area contributed by atoms with Crippen LogP contribution in [0.1, 0.15) is 99.4 Å². The molecule has 0 atom stereocenters. The molecule has 0 bridgehead atoms. The first-order valence-electron chi connectivity index (χ1n) is 12.6. The topological polar surface area (TPSA) is 37.3 Å². The molecule has 35 heavy (non-hydrogen) atoms. The molecule has 192 valence electrons. The van der Waals surface area contributed by atoms with Gasteiger partial charge in [-0.15, -0.1) is 0 Å². The van der Waals surface area contributed by atoms with Crippen molar-refractivity contribution in [2.45, 2.75) is 94.1 Å². The van der Waals surface area contributed by atoms with Gasteiger partial charge in [0.2, 0.25) is 0 Å². The normalized spacial score (nSPS) is 18.2. The van der Waals surface area contributed by atoms with Crippen molar-refractivity contribution in [2.75, 3.05) is 0 Å². The predicted molar refractivity (Wildman–Crippen MR) is 133 cm³/mol. The molecule has 2 nitrogen and oxygen atoms in total. The first-order valence-corrected chi connectivity index (χ1v) is 13.5. The lowest BCUT2D eigenvalue weighted by atomic mass is 9.74. The average Bonchev–Trinajstić information content (AvgIpc) is 2.84. The highest BCUT2D eigenvalue weighted by Gasteiger charge is 2.29. The molecule has 1 aliphatic carbocycles. The first-order chi connectivity index (χ1) is 16.8. The summed E-state index contributed by atoms with van der Waals surface area (Å²) in [6, 6.07) is 7.03. The molecule has 0 saturated heterocycles. The van der Waals surface area contributed by atoms with Crippen LogP contribution in [-0.4, -0.2) is 16.8 Å². The molecule has 1 aliphatic rings. The fraction of sp³-hybridized carbons (Fsp3) is 0.536. The van der Waals surface area contributed by atoms with Crippen LogP contribution in [0.15, 0.2) is 35.2 Å². The number of rotatable bonds is 12. The Hall–Kier alpha value is -2.02. The van der Waals surface area contributed by atoms with Crippen LogP contribution < -0.4 is 0 Å². The summed E-state index contributed by atoms with van der Waals surface area (Å²) in [6.45, 7) is 2.21. The van der Waals surface area contributed by atoms with Crippen LogP contribution in [0.3, 0.4) is 0 Å². The van der Waals surface area contributed by atoms with E-state index in [0.29, 0.717) is 17.0 Å². The number of aromatic carboxylic acids is 1. The fourth-order valence-electron chi connectivity index (χ4n) is 5.31. The minimum absolute atomic E-state index is 0.0472. The Morgan fingerprint density at radius 3 is 2.29 bits per heavy atom. The van der Waals surface area contributed by atoms with Gasteiger partial charge in [0.1, 0.15) is 0 Å². The Morgan fingerprint density at radius 1 is 0.943 bits per heavy atom. The molecule has 3 rings (SSSR count). The van der Waals surface area contributed by atoms with Crippen LogP contribution in [0.4, 0.5) is 17.6 Å². The molecule has 1 N–H and O–H groups in total. The van der Waals surface area contributed by atoms with Gasteiger partial charge < -0.3 is 5.11 Å². The predicted octanol–water partition coefficient (Wildman–Crippen LogP) is 9.67. The van der Waals surface area contributed by atoms with Crippen molar-refractivity contribution in [3.05, 3.63) is 53.1 Å². The molecular weight excluding hydrogens is 476 g/mol. The van der Waals surface area contributed by atoms with E-state index in [1.807, 2.05) is 0 Å². The molecule has 0 radical (unpaired) electrons. The molecule has 0 aromatic heterocycles. The Balaban J connectivity index is 1.79. The number of hydrogen-bond donors (Lipinski definition) is 1. The van der Waals surface area contributed by atoms with E-state index in [2.05, 4.69) is 6.92 Å². The van der Waals surface area contributed by atoms with Gasteiger partial charge in [0.05, 0.1) is 10.5 Å². The fourth-order valence-corrected chi connectivity index (χ4v) is 5.84. The summed E-state index contributed by atoms with van der Waals surface area (Å²) in [5, 5.41) is 9.84. The number of carboxylic acid groups (broad SMARTS) is 1. The Labute approximate surface area is 209 Å². The van der Waals surface area contributed by atoms with Gasteiger partial charge in [0.25, 0.3) is 5.76 Å². The summed E-state index contributed by atoms with van der Waals surface area (Å²) >= 11 is -0.0472. The SMILES string of the molecule is CCCCCCCC[C@H]1CC[C@H](c2c(C(=O)O)cccc2-c2ccc(SC(F)F)c(F)c2F)CC1. The summed E-state index contributed by atoms with van der Waals surface area (Å²) in [5.74, 6) is -6.00. The maximum Gasteiger partial charge on any atom is 0.335 e. The zero-order valence-corrected chi connectivity index (χ0v) is 21.0. The van der Waals surface area contributed by atoms with Crippen LogP contribution in [0.2, 0.25) is 0 Å². The number of alkyl halides is 2. The second-order valence-corrected chi connectivity index (χ2v) is 10.5. The molecule has 2 aromatic rings.